The number of aliphatic imine (C=N–C) groups is 1. The quantitative estimate of drug-likeness (QED) is 0.0274. The molecule has 0 aromatic heterocycles. The molecule has 3 aliphatic rings. The van der Waals surface area contributed by atoms with Gasteiger partial charge in [-0.2, -0.15) is 11.8 Å². The molecule has 2 saturated heterocycles. The second-order valence-corrected chi connectivity index (χ2v) is 14.1. The standard InChI is InChI=1S/C32H53N7O8S/c1-32(2)20-25(40)29(26(41)21-32)23(34-9-5-10-36-39-33)8-12-44-14-16-46-18-19-47-17-15-45-13-11-35-28(42)7-4-3-6-27-30-24(22-48-27)37-31(43)38-30/h24,27,30,40H,3-22H2,1-2H3,(H,35,42)(H2,37,38,43). The summed E-state index contributed by atoms with van der Waals surface area (Å²) >= 11 is 1.89. The molecule has 1 aliphatic carbocycles. The van der Waals surface area contributed by atoms with Crippen molar-refractivity contribution in [3.05, 3.63) is 21.8 Å². The summed E-state index contributed by atoms with van der Waals surface area (Å²) in [6, 6.07) is 0.374. The number of hydrogen-bond donors (Lipinski definition) is 4. The monoisotopic (exact) mass is 695 g/mol. The van der Waals surface area contributed by atoms with Gasteiger partial charge in [0.05, 0.1) is 76.2 Å². The molecule has 4 N–H and O–H groups in total. The van der Waals surface area contributed by atoms with Crippen molar-refractivity contribution in [1.29, 1.82) is 0 Å². The Balaban J connectivity index is 1.13. The third-order valence-corrected chi connectivity index (χ3v) is 9.68. The number of fused-ring (bicyclic) bond motifs is 1. The first-order valence-electron chi connectivity index (χ1n) is 17.0. The minimum absolute atomic E-state index is 0.0244. The van der Waals surface area contributed by atoms with Gasteiger partial charge in [0.1, 0.15) is 5.76 Å². The lowest BCUT2D eigenvalue weighted by molar-refractivity contribution is -0.121. The van der Waals surface area contributed by atoms with E-state index in [2.05, 4.69) is 31.0 Å². The van der Waals surface area contributed by atoms with Crippen molar-refractivity contribution in [2.75, 3.05) is 78.2 Å². The average molecular weight is 696 g/mol. The number of ether oxygens (including phenoxy) is 4. The summed E-state index contributed by atoms with van der Waals surface area (Å²) in [4.78, 5) is 43.6. The van der Waals surface area contributed by atoms with E-state index in [1.807, 2.05) is 25.6 Å². The third kappa shape index (κ3) is 14.7. The summed E-state index contributed by atoms with van der Waals surface area (Å²) in [6.07, 6.45) is 4.96. The highest BCUT2D eigenvalue weighted by molar-refractivity contribution is 8.00. The molecule has 15 nitrogen and oxygen atoms in total. The molecule has 270 valence electrons. The predicted octanol–water partition coefficient (Wildman–Crippen LogP) is 3.63. The zero-order valence-corrected chi connectivity index (χ0v) is 29.2. The molecule has 3 atom stereocenters. The van der Waals surface area contributed by atoms with Crippen LogP contribution in [-0.4, -0.2) is 124 Å². The van der Waals surface area contributed by atoms with Gasteiger partial charge in [0.2, 0.25) is 5.91 Å². The first-order valence-corrected chi connectivity index (χ1v) is 18.0. The maximum Gasteiger partial charge on any atom is 0.315 e. The molecule has 3 unspecified atom stereocenters. The Hall–Kier alpha value is -2.88. The van der Waals surface area contributed by atoms with Crippen molar-refractivity contribution in [3.63, 3.8) is 0 Å². The fourth-order valence-electron chi connectivity index (χ4n) is 5.85. The van der Waals surface area contributed by atoms with Gasteiger partial charge in [-0.1, -0.05) is 25.4 Å². The smallest absolute Gasteiger partial charge is 0.315 e. The Morgan fingerprint density at radius 1 is 0.958 bits per heavy atom. The molecule has 2 heterocycles. The number of thioether (sulfide) groups is 1. The number of urea groups is 1. The topological polar surface area (TPSA) is 206 Å². The van der Waals surface area contributed by atoms with Gasteiger partial charge < -0.3 is 40.0 Å². The molecule has 0 aromatic rings. The molecular formula is C32H53N7O8S. The normalized spacial score (nSPS) is 21.9. The molecule has 2 fully saturated rings. The van der Waals surface area contributed by atoms with Crippen LogP contribution in [0, 0.1) is 5.41 Å². The molecule has 3 amide bonds. The zero-order chi connectivity index (χ0) is 34.6. The van der Waals surface area contributed by atoms with Crippen molar-refractivity contribution in [3.8, 4) is 0 Å². The molecule has 48 heavy (non-hydrogen) atoms. The number of allylic oxidation sites excluding steroid dienone is 2. The second kappa shape index (κ2) is 22.0. The molecule has 0 saturated carbocycles. The minimum atomic E-state index is -0.294. The molecule has 0 bridgehead atoms. The highest BCUT2D eigenvalue weighted by atomic mass is 32.2. The number of rotatable bonds is 25. The van der Waals surface area contributed by atoms with Crippen molar-refractivity contribution < 1.29 is 38.4 Å². The van der Waals surface area contributed by atoms with E-state index in [4.69, 9.17) is 24.5 Å². The lowest BCUT2D eigenvalue weighted by Gasteiger charge is -2.30. The summed E-state index contributed by atoms with van der Waals surface area (Å²) in [6.45, 7) is 8.23. The summed E-state index contributed by atoms with van der Waals surface area (Å²) in [5.74, 6) is 0.926. The number of nitrogens with zero attached hydrogens (tertiary/aromatic N) is 4. The third-order valence-electron chi connectivity index (χ3n) is 8.17. The molecule has 0 radical (unpaired) electrons. The summed E-state index contributed by atoms with van der Waals surface area (Å²) in [5.41, 5.74) is 8.97. The van der Waals surface area contributed by atoms with Crippen LogP contribution in [-0.2, 0) is 28.5 Å². The largest absolute Gasteiger partial charge is 0.511 e. The van der Waals surface area contributed by atoms with Gasteiger partial charge in [0.25, 0.3) is 0 Å². The predicted molar refractivity (Wildman–Crippen MR) is 183 cm³/mol. The Kier molecular flexibility index (Phi) is 18.1. The number of amides is 3. The average Bonchev–Trinajstić information content (AvgIpc) is 3.58. The maximum absolute atomic E-state index is 12.8. The number of Topliss-reactive ketones (excluding diaryl/α,β-unsaturated/α-hetero) is 1. The lowest BCUT2D eigenvalue weighted by Crippen LogP contribution is -2.36. The van der Waals surface area contributed by atoms with Gasteiger partial charge in [0.15, 0.2) is 5.78 Å². The number of nitrogens with one attached hydrogen (secondary N) is 3. The van der Waals surface area contributed by atoms with E-state index < -0.39 is 0 Å². The second-order valence-electron chi connectivity index (χ2n) is 12.8. The number of ketones is 1. The highest BCUT2D eigenvalue weighted by Crippen LogP contribution is 2.36. The summed E-state index contributed by atoms with van der Waals surface area (Å²) in [5, 5.41) is 23.4. The maximum atomic E-state index is 12.8. The Labute approximate surface area is 287 Å². The van der Waals surface area contributed by atoms with Crippen LogP contribution in [0.5, 0.6) is 0 Å². The van der Waals surface area contributed by atoms with Crippen LogP contribution in [0.4, 0.5) is 4.79 Å². The number of aliphatic hydroxyl groups is 1. The van der Waals surface area contributed by atoms with E-state index in [9.17, 15) is 19.5 Å². The number of carbonyl (C=O) groups excluding carboxylic acids is 3. The van der Waals surface area contributed by atoms with Gasteiger partial charge in [-0.25, -0.2) is 4.79 Å². The summed E-state index contributed by atoms with van der Waals surface area (Å²) in [7, 11) is 0. The van der Waals surface area contributed by atoms with Crippen LogP contribution in [0.1, 0.15) is 65.2 Å². The number of hydrogen-bond acceptors (Lipinski definition) is 11. The van der Waals surface area contributed by atoms with E-state index in [1.54, 1.807) is 0 Å². The molecule has 3 rings (SSSR count). The fraction of sp³-hybridized carbons (Fsp3) is 0.812. The summed E-state index contributed by atoms with van der Waals surface area (Å²) < 4.78 is 22.3. The molecular weight excluding hydrogens is 642 g/mol. The van der Waals surface area contributed by atoms with Gasteiger partial charge >= 0.3 is 6.03 Å². The van der Waals surface area contributed by atoms with Gasteiger partial charge in [0, 0.05) is 61.2 Å². The number of aliphatic hydroxyl groups excluding tert-OH is 1. The molecule has 0 aromatic carbocycles. The van der Waals surface area contributed by atoms with Crippen LogP contribution in [0.3, 0.4) is 0 Å². The number of azide groups is 1. The SMILES string of the molecule is CC1(C)CC(=O)C(C(CCOCCOCCOCCOCCNC(=O)CCCCC2SCC3NC(=O)NC32)=NCCCN=[N+]=[N-])=C(O)C1. The van der Waals surface area contributed by atoms with Crippen molar-refractivity contribution >= 4 is 35.2 Å². The molecule has 0 spiro atoms. The van der Waals surface area contributed by atoms with E-state index in [-0.39, 0.29) is 41.0 Å². The van der Waals surface area contributed by atoms with Crippen LogP contribution in [0.15, 0.2) is 21.4 Å². The lowest BCUT2D eigenvalue weighted by atomic mass is 9.75. The first kappa shape index (κ1) is 39.6. The fourth-order valence-corrected chi connectivity index (χ4v) is 7.40. The first-order chi connectivity index (χ1) is 23.2. The number of unbranched alkanes of at least 4 members (excludes halogenated alkanes) is 1. The van der Waals surface area contributed by atoms with E-state index >= 15 is 0 Å². The van der Waals surface area contributed by atoms with Crippen molar-refractivity contribution in [1.82, 2.24) is 16.0 Å². The Bertz CT molecular complexity index is 1160. The van der Waals surface area contributed by atoms with Gasteiger partial charge in [-0.15, -0.1) is 0 Å². The van der Waals surface area contributed by atoms with Gasteiger partial charge in [-0.05, 0) is 30.2 Å². The van der Waals surface area contributed by atoms with Crippen molar-refractivity contribution in [2.45, 2.75) is 82.5 Å². The molecule has 16 heteroatoms. The Morgan fingerprint density at radius 3 is 2.33 bits per heavy atom. The Morgan fingerprint density at radius 2 is 1.65 bits per heavy atom. The number of carbonyl (C=O) groups is 3. The van der Waals surface area contributed by atoms with Crippen molar-refractivity contribution in [2.24, 2.45) is 15.5 Å². The highest BCUT2D eigenvalue weighted by Gasteiger charge is 2.42. The van der Waals surface area contributed by atoms with E-state index in [0.717, 1.165) is 25.0 Å². The van der Waals surface area contributed by atoms with Crippen LogP contribution >= 0.6 is 11.8 Å². The molecule has 2 aliphatic heterocycles. The minimum Gasteiger partial charge on any atom is -0.511 e. The van der Waals surface area contributed by atoms with E-state index in [1.165, 1.54) is 0 Å². The van der Waals surface area contributed by atoms with Crippen LogP contribution in [0.25, 0.3) is 10.4 Å². The van der Waals surface area contributed by atoms with Crippen LogP contribution < -0.4 is 16.0 Å². The van der Waals surface area contributed by atoms with Gasteiger partial charge in [-0.3, -0.25) is 14.6 Å². The van der Waals surface area contributed by atoms with E-state index in [0.29, 0.717) is 121 Å². The zero-order valence-electron chi connectivity index (χ0n) is 28.4. The van der Waals surface area contributed by atoms with Crippen LogP contribution in [0.2, 0.25) is 0 Å².